The van der Waals surface area contributed by atoms with Crippen LogP contribution >= 0.6 is 22.7 Å². The van der Waals surface area contributed by atoms with Gasteiger partial charge in [-0.25, -0.2) is 9.37 Å². The Morgan fingerprint density at radius 1 is 1.00 bits per heavy atom. The molecule has 0 aliphatic carbocycles. The van der Waals surface area contributed by atoms with Gasteiger partial charge in [-0.2, -0.15) is 0 Å². The van der Waals surface area contributed by atoms with E-state index in [1.54, 1.807) is 36.6 Å². The maximum absolute atomic E-state index is 13.8. The van der Waals surface area contributed by atoms with Crippen LogP contribution < -0.4 is 4.74 Å². The predicted molar refractivity (Wildman–Crippen MR) is 94.3 cm³/mol. The van der Waals surface area contributed by atoms with Crippen LogP contribution in [-0.4, -0.2) is 22.3 Å². The van der Waals surface area contributed by atoms with E-state index in [9.17, 15) is 4.39 Å². The molecule has 120 valence electrons. The average Bonchev–Trinajstić information content (AvgIpc) is 3.21. The smallest absolute Gasteiger partial charge is 0.150 e. The molecule has 4 rings (SSSR count). The lowest BCUT2D eigenvalue weighted by Crippen LogP contribution is -1.87. The first-order chi connectivity index (χ1) is 11.7. The number of benzene rings is 2. The monoisotopic (exact) mass is 357 g/mol. The van der Waals surface area contributed by atoms with Crippen molar-refractivity contribution >= 4 is 32.9 Å². The zero-order chi connectivity index (χ0) is 16.5. The van der Waals surface area contributed by atoms with E-state index in [2.05, 4.69) is 15.2 Å². The molecule has 0 unspecified atom stereocenters. The molecule has 2 aromatic carbocycles. The third-order valence-corrected chi connectivity index (χ3v) is 5.50. The van der Waals surface area contributed by atoms with Crippen molar-refractivity contribution in [3.05, 3.63) is 58.3 Å². The van der Waals surface area contributed by atoms with Gasteiger partial charge in [0, 0.05) is 5.56 Å². The molecular formula is C17H12FN3OS2. The van der Waals surface area contributed by atoms with Crippen molar-refractivity contribution in [3.63, 3.8) is 0 Å². The molecule has 0 fully saturated rings. The standard InChI is InChI=1S/C17H12FN3OS2/c1-22-12-7-4-8-13-16(12)19-14(23-13)9-15-20-21-17(24-15)10-5-2-3-6-11(10)18/h2-8H,9H2,1H3. The minimum atomic E-state index is -0.287. The van der Waals surface area contributed by atoms with Crippen molar-refractivity contribution in [2.75, 3.05) is 7.11 Å². The van der Waals surface area contributed by atoms with Gasteiger partial charge >= 0.3 is 0 Å². The Bertz CT molecular complexity index is 1010. The average molecular weight is 357 g/mol. The highest BCUT2D eigenvalue weighted by Gasteiger charge is 2.14. The summed E-state index contributed by atoms with van der Waals surface area (Å²) in [6.07, 6.45) is 0.578. The lowest BCUT2D eigenvalue weighted by molar-refractivity contribution is 0.419. The first-order valence-corrected chi connectivity index (χ1v) is 8.87. The Balaban J connectivity index is 1.64. The number of thiazole rings is 1. The van der Waals surface area contributed by atoms with Crippen LogP contribution in [0.3, 0.4) is 0 Å². The van der Waals surface area contributed by atoms with Crippen LogP contribution in [0.2, 0.25) is 0 Å². The van der Waals surface area contributed by atoms with Crippen LogP contribution in [0.5, 0.6) is 5.75 Å². The fourth-order valence-corrected chi connectivity index (χ4v) is 4.36. The molecule has 0 spiro atoms. The molecule has 0 aliphatic rings. The van der Waals surface area contributed by atoms with Gasteiger partial charge < -0.3 is 4.74 Å². The molecule has 0 aliphatic heterocycles. The summed E-state index contributed by atoms with van der Waals surface area (Å²) in [4.78, 5) is 4.64. The lowest BCUT2D eigenvalue weighted by atomic mass is 10.2. The van der Waals surface area contributed by atoms with Crippen LogP contribution in [-0.2, 0) is 6.42 Å². The van der Waals surface area contributed by atoms with Crippen molar-refractivity contribution in [3.8, 4) is 16.3 Å². The van der Waals surface area contributed by atoms with Gasteiger partial charge in [0.1, 0.15) is 27.1 Å². The van der Waals surface area contributed by atoms with E-state index in [0.29, 0.717) is 17.0 Å². The fourth-order valence-electron chi connectivity index (χ4n) is 2.41. The van der Waals surface area contributed by atoms with Crippen LogP contribution in [0.4, 0.5) is 4.39 Å². The molecule has 4 nitrogen and oxygen atoms in total. The maximum Gasteiger partial charge on any atom is 0.150 e. The Labute approximate surface area is 145 Å². The summed E-state index contributed by atoms with van der Waals surface area (Å²) in [6, 6.07) is 12.5. The quantitative estimate of drug-likeness (QED) is 0.537. The van der Waals surface area contributed by atoms with Crippen molar-refractivity contribution in [1.29, 1.82) is 0 Å². The number of hydrogen-bond acceptors (Lipinski definition) is 6. The highest BCUT2D eigenvalue weighted by atomic mass is 32.1. The van der Waals surface area contributed by atoms with Gasteiger partial charge in [0.2, 0.25) is 0 Å². The number of fused-ring (bicyclic) bond motifs is 1. The van der Waals surface area contributed by atoms with Crippen molar-refractivity contribution in [1.82, 2.24) is 15.2 Å². The molecule has 0 saturated carbocycles. The molecule has 4 aromatic rings. The molecule has 0 bridgehead atoms. The van der Waals surface area contributed by atoms with Gasteiger partial charge in [-0.05, 0) is 24.3 Å². The molecule has 7 heteroatoms. The van der Waals surface area contributed by atoms with Crippen LogP contribution in [0.15, 0.2) is 42.5 Å². The van der Waals surface area contributed by atoms with Crippen molar-refractivity contribution < 1.29 is 9.13 Å². The van der Waals surface area contributed by atoms with E-state index in [4.69, 9.17) is 4.74 Å². The summed E-state index contributed by atoms with van der Waals surface area (Å²) in [5.74, 6) is 0.476. The number of methoxy groups -OCH3 is 1. The van der Waals surface area contributed by atoms with E-state index in [1.165, 1.54) is 17.4 Å². The summed E-state index contributed by atoms with van der Waals surface area (Å²) in [5.41, 5.74) is 1.34. The molecule has 0 radical (unpaired) electrons. The molecule has 0 amide bonds. The molecule has 2 heterocycles. The second-order valence-corrected chi connectivity index (χ2v) is 7.25. The number of aromatic nitrogens is 3. The topological polar surface area (TPSA) is 47.9 Å². The Morgan fingerprint density at radius 3 is 2.71 bits per heavy atom. The molecule has 2 aromatic heterocycles. The third-order valence-electron chi connectivity index (χ3n) is 3.52. The minimum absolute atomic E-state index is 0.287. The Kier molecular flexibility index (Phi) is 3.95. The second-order valence-electron chi connectivity index (χ2n) is 5.07. The Morgan fingerprint density at radius 2 is 1.88 bits per heavy atom. The Hall–Kier alpha value is -2.38. The summed E-state index contributed by atoms with van der Waals surface area (Å²) >= 11 is 2.99. The first kappa shape index (κ1) is 15.2. The van der Waals surface area contributed by atoms with E-state index in [-0.39, 0.29) is 5.82 Å². The van der Waals surface area contributed by atoms with Gasteiger partial charge in [-0.15, -0.1) is 21.5 Å². The molecule has 0 N–H and O–H groups in total. The zero-order valence-electron chi connectivity index (χ0n) is 12.7. The highest BCUT2D eigenvalue weighted by Crippen LogP contribution is 2.32. The fraction of sp³-hybridized carbons (Fsp3) is 0.118. The van der Waals surface area contributed by atoms with Crippen LogP contribution in [0, 0.1) is 5.82 Å². The molecular weight excluding hydrogens is 345 g/mol. The third kappa shape index (κ3) is 2.76. The zero-order valence-corrected chi connectivity index (χ0v) is 14.3. The second kappa shape index (κ2) is 6.26. The largest absolute Gasteiger partial charge is 0.494 e. The van der Waals surface area contributed by atoms with Crippen LogP contribution in [0.25, 0.3) is 20.8 Å². The van der Waals surface area contributed by atoms with Crippen LogP contribution in [0.1, 0.15) is 10.0 Å². The molecule has 24 heavy (non-hydrogen) atoms. The van der Waals surface area contributed by atoms with Gasteiger partial charge in [0.05, 0.1) is 18.2 Å². The highest BCUT2D eigenvalue weighted by molar-refractivity contribution is 7.19. The van der Waals surface area contributed by atoms with Gasteiger partial charge in [-0.3, -0.25) is 0 Å². The first-order valence-electron chi connectivity index (χ1n) is 7.24. The SMILES string of the molecule is COc1cccc2sc(Cc3nnc(-c4ccccc4F)s3)nc12. The molecule has 0 saturated heterocycles. The van der Waals surface area contributed by atoms with Crippen molar-refractivity contribution in [2.45, 2.75) is 6.42 Å². The number of ether oxygens (including phenoxy) is 1. The van der Waals surface area contributed by atoms with Gasteiger partial charge in [0.15, 0.2) is 5.01 Å². The number of nitrogens with zero attached hydrogens (tertiary/aromatic N) is 3. The number of rotatable bonds is 4. The number of para-hydroxylation sites is 1. The molecule has 0 atom stereocenters. The van der Waals surface area contributed by atoms with Crippen molar-refractivity contribution in [2.24, 2.45) is 0 Å². The van der Waals surface area contributed by atoms with E-state index in [0.717, 1.165) is 26.0 Å². The maximum atomic E-state index is 13.8. The lowest BCUT2D eigenvalue weighted by Gasteiger charge is -1.98. The van der Waals surface area contributed by atoms with Gasteiger partial charge in [0.25, 0.3) is 0 Å². The summed E-state index contributed by atoms with van der Waals surface area (Å²) < 4.78 is 20.3. The predicted octanol–water partition coefficient (Wildman–Crippen LogP) is 4.55. The number of hydrogen-bond donors (Lipinski definition) is 0. The van der Waals surface area contributed by atoms with E-state index < -0.39 is 0 Å². The van der Waals surface area contributed by atoms with E-state index in [1.807, 2.05) is 18.2 Å². The summed E-state index contributed by atoms with van der Waals surface area (Å²) in [6.45, 7) is 0. The number of halogens is 1. The van der Waals surface area contributed by atoms with E-state index >= 15 is 0 Å². The normalized spacial score (nSPS) is 11.1. The summed E-state index contributed by atoms with van der Waals surface area (Å²) in [7, 11) is 1.64. The minimum Gasteiger partial charge on any atom is -0.494 e. The summed E-state index contributed by atoms with van der Waals surface area (Å²) in [5, 5.41) is 10.6. The van der Waals surface area contributed by atoms with Gasteiger partial charge in [-0.1, -0.05) is 29.5 Å².